The number of hydrogen-bond donors (Lipinski definition) is 2. The minimum Gasteiger partial charge on any atom is -0.393 e. The van der Waals surface area contributed by atoms with Crippen molar-refractivity contribution in [2.75, 3.05) is 16.8 Å². The Labute approximate surface area is 176 Å². The third-order valence-electron chi connectivity index (χ3n) is 4.80. The van der Waals surface area contributed by atoms with Crippen molar-refractivity contribution in [3.63, 3.8) is 0 Å². The van der Waals surface area contributed by atoms with E-state index in [4.69, 9.17) is 16.1 Å². The van der Waals surface area contributed by atoms with Crippen LogP contribution in [0, 0.1) is 0 Å². The molecule has 0 aliphatic carbocycles. The summed E-state index contributed by atoms with van der Waals surface area (Å²) in [7, 11) is 0. The van der Waals surface area contributed by atoms with Crippen LogP contribution in [0.25, 0.3) is 0 Å². The minimum absolute atomic E-state index is 0.0484. The number of hydrogen-bond acceptors (Lipinski definition) is 6. The Kier molecular flexibility index (Phi) is 6.01. The zero-order valence-electron chi connectivity index (χ0n) is 16.6. The van der Waals surface area contributed by atoms with Gasteiger partial charge in [0.15, 0.2) is 5.82 Å². The lowest BCUT2D eigenvalue weighted by atomic mass is 9.93. The maximum atomic E-state index is 12.9. The van der Waals surface area contributed by atoms with Crippen molar-refractivity contribution in [2.24, 2.45) is 0 Å². The second kappa shape index (κ2) is 8.07. The van der Waals surface area contributed by atoms with Gasteiger partial charge in [-0.05, 0) is 12.5 Å². The summed E-state index contributed by atoms with van der Waals surface area (Å²) < 4.78 is 43.9. The van der Waals surface area contributed by atoms with Crippen LogP contribution in [0.1, 0.15) is 44.9 Å². The number of aromatic nitrogens is 2. The molecule has 1 aliphatic rings. The van der Waals surface area contributed by atoms with Crippen LogP contribution in [-0.2, 0) is 16.4 Å². The van der Waals surface area contributed by atoms with E-state index in [0.29, 0.717) is 18.4 Å². The topological polar surface area (TPSA) is 91.5 Å². The smallest absolute Gasteiger partial charge is 0.393 e. The standard InChI is InChI=1S/C19H22ClF3N4O3/c1-18(2,3)14-8-15(26-30-14)25-17(29)13-7-11(28)4-5-27(13)16-12(20)6-10(9-24-16)19(21,22)23/h6,8-9,11,13,28H,4-5,7H2,1-3H3,(H,25,26,29)/t11-,13-/m0/s1. The van der Waals surface area contributed by atoms with E-state index in [-0.39, 0.29) is 35.0 Å². The van der Waals surface area contributed by atoms with E-state index < -0.39 is 29.8 Å². The van der Waals surface area contributed by atoms with Gasteiger partial charge in [-0.3, -0.25) is 4.79 Å². The van der Waals surface area contributed by atoms with Crippen LogP contribution >= 0.6 is 11.6 Å². The number of halogens is 4. The van der Waals surface area contributed by atoms with E-state index in [1.165, 1.54) is 4.90 Å². The van der Waals surface area contributed by atoms with Gasteiger partial charge in [-0.15, -0.1) is 0 Å². The van der Waals surface area contributed by atoms with E-state index >= 15 is 0 Å². The Morgan fingerprint density at radius 1 is 1.33 bits per heavy atom. The fourth-order valence-electron chi connectivity index (χ4n) is 3.14. The number of aliphatic hydroxyl groups is 1. The molecule has 1 aliphatic heterocycles. The highest BCUT2D eigenvalue weighted by atomic mass is 35.5. The van der Waals surface area contributed by atoms with Gasteiger partial charge < -0.3 is 19.8 Å². The number of pyridine rings is 1. The van der Waals surface area contributed by atoms with Crippen LogP contribution in [0.2, 0.25) is 5.02 Å². The number of anilines is 2. The molecule has 0 radical (unpaired) electrons. The number of piperidine rings is 1. The molecule has 1 fully saturated rings. The lowest BCUT2D eigenvalue weighted by Gasteiger charge is -2.38. The highest BCUT2D eigenvalue weighted by Gasteiger charge is 2.37. The lowest BCUT2D eigenvalue weighted by molar-refractivity contribution is -0.137. The van der Waals surface area contributed by atoms with Crippen LogP contribution < -0.4 is 10.2 Å². The number of amides is 1. The molecule has 0 bridgehead atoms. The predicted molar refractivity (Wildman–Crippen MR) is 104 cm³/mol. The number of nitrogens with one attached hydrogen (secondary N) is 1. The Bertz CT molecular complexity index is 926. The van der Waals surface area contributed by atoms with E-state index in [9.17, 15) is 23.1 Å². The molecule has 0 spiro atoms. The first-order valence-corrected chi connectivity index (χ1v) is 9.69. The molecule has 0 unspecified atom stereocenters. The number of nitrogens with zero attached hydrogens (tertiary/aromatic N) is 3. The molecule has 7 nitrogen and oxygen atoms in total. The average molecular weight is 447 g/mol. The molecule has 1 saturated heterocycles. The quantitative estimate of drug-likeness (QED) is 0.740. The van der Waals surface area contributed by atoms with Gasteiger partial charge in [0.25, 0.3) is 0 Å². The molecule has 2 N–H and O–H groups in total. The Morgan fingerprint density at radius 2 is 2.03 bits per heavy atom. The molecule has 2 aromatic rings. The van der Waals surface area contributed by atoms with E-state index in [0.717, 1.165) is 6.07 Å². The third kappa shape index (κ3) is 4.86. The molecule has 11 heteroatoms. The van der Waals surface area contributed by atoms with Gasteiger partial charge in [0, 0.05) is 30.6 Å². The van der Waals surface area contributed by atoms with Crippen LogP contribution in [0.4, 0.5) is 24.8 Å². The highest BCUT2D eigenvalue weighted by Crippen LogP contribution is 2.35. The van der Waals surface area contributed by atoms with Crippen LogP contribution in [0.3, 0.4) is 0 Å². The van der Waals surface area contributed by atoms with Gasteiger partial charge >= 0.3 is 6.18 Å². The molecular weight excluding hydrogens is 425 g/mol. The van der Waals surface area contributed by atoms with Gasteiger partial charge in [-0.1, -0.05) is 37.5 Å². The molecule has 3 rings (SSSR count). The maximum absolute atomic E-state index is 12.9. The van der Waals surface area contributed by atoms with Crippen LogP contribution in [0.5, 0.6) is 0 Å². The third-order valence-corrected chi connectivity index (χ3v) is 5.08. The summed E-state index contributed by atoms with van der Waals surface area (Å²) in [4.78, 5) is 18.2. The molecule has 2 aromatic heterocycles. The molecule has 164 valence electrons. The summed E-state index contributed by atoms with van der Waals surface area (Å²) in [5.41, 5.74) is -1.28. The number of rotatable bonds is 3. The number of aliphatic hydroxyl groups excluding tert-OH is 1. The maximum Gasteiger partial charge on any atom is 0.417 e. The van der Waals surface area contributed by atoms with Crippen molar-refractivity contribution in [2.45, 2.75) is 57.3 Å². The number of alkyl halides is 3. The average Bonchev–Trinajstić information content (AvgIpc) is 3.10. The zero-order chi connectivity index (χ0) is 22.3. The first-order chi connectivity index (χ1) is 13.9. The van der Waals surface area contributed by atoms with Crippen molar-refractivity contribution in [3.8, 4) is 0 Å². The van der Waals surface area contributed by atoms with Gasteiger partial charge in [-0.2, -0.15) is 13.2 Å². The first-order valence-electron chi connectivity index (χ1n) is 9.32. The van der Waals surface area contributed by atoms with Gasteiger partial charge in [0.2, 0.25) is 5.91 Å². The molecule has 0 aromatic carbocycles. The van der Waals surface area contributed by atoms with Gasteiger partial charge in [-0.25, -0.2) is 4.98 Å². The predicted octanol–water partition coefficient (Wildman–Crippen LogP) is 4.01. The fourth-order valence-corrected chi connectivity index (χ4v) is 3.42. The summed E-state index contributed by atoms with van der Waals surface area (Å²) >= 11 is 6.06. The molecular formula is C19H22ClF3N4O3. The minimum atomic E-state index is -4.58. The highest BCUT2D eigenvalue weighted by molar-refractivity contribution is 6.33. The van der Waals surface area contributed by atoms with Crippen molar-refractivity contribution in [3.05, 3.63) is 34.7 Å². The van der Waals surface area contributed by atoms with Gasteiger partial charge in [0.05, 0.1) is 16.7 Å². The van der Waals surface area contributed by atoms with Crippen molar-refractivity contribution < 1.29 is 27.6 Å². The summed E-state index contributed by atoms with van der Waals surface area (Å²) in [5, 5.41) is 16.3. The van der Waals surface area contributed by atoms with E-state index in [1.54, 1.807) is 6.07 Å². The molecule has 2 atom stereocenters. The number of carbonyl (C=O) groups excluding carboxylic acids is 1. The second-order valence-electron chi connectivity index (χ2n) is 8.23. The summed E-state index contributed by atoms with van der Waals surface area (Å²) in [6, 6.07) is 1.48. The Balaban J connectivity index is 1.84. The van der Waals surface area contributed by atoms with Crippen molar-refractivity contribution >= 4 is 29.1 Å². The summed E-state index contributed by atoms with van der Waals surface area (Å²) in [6.07, 6.45) is -4.26. The zero-order valence-corrected chi connectivity index (χ0v) is 17.4. The fraction of sp³-hybridized carbons (Fsp3) is 0.526. The van der Waals surface area contributed by atoms with Crippen molar-refractivity contribution in [1.29, 1.82) is 0 Å². The summed E-state index contributed by atoms with van der Waals surface area (Å²) in [6.45, 7) is 5.98. The molecule has 3 heterocycles. The van der Waals surface area contributed by atoms with Crippen LogP contribution in [-0.4, -0.2) is 39.8 Å². The monoisotopic (exact) mass is 446 g/mol. The normalized spacial score (nSPS) is 20.3. The number of carbonyl (C=O) groups is 1. The first kappa shape index (κ1) is 22.4. The van der Waals surface area contributed by atoms with E-state index in [1.807, 2.05) is 20.8 Å². The van der Waals surface area contributed by atoms with E-state index in [2.05, 4.69) is 15.5 Å². The summed E-state index contributed by atoms with van der Waals surface area (Å²) in [5.74, 6) is 0.328. The second-order valence-corrected chi connectivity index (χ2v) is 8.64. The largest absolute Gasteiger partial charge is 0.417 e. The molecule has 1 amide bonds. The Morgan fingerprint density at radius 3 is 2.60 bits per heavy atom. The molecule has 30 heavy (non-hydrogen) atoms. The molecule has 0 saturated carbocycles. The van der Waals surface area contributed by atoms with Crippen molar-refractivity contribution in [1.82, 2.24) is 10.1 Å². The lowest BCUT2D eigenvalue weighted by Crippen LogP contribution is -2.51. The van der Waals surface area contributed by atoms with Crippen LogP contribution in [0.15, 0.2) is 22.9 Å². The Hall–Kier alpha value is -2.33. The van der Waals surface area contributed by atoms with Gasteiger partial charge in [0.1, 0.15) is 17.6 Å². The SMILES string of the molecule is CC(C)(C)c1cc(NC(=O)[C@@H]2C[C@@H](O)CCN2c2ncc(C(F)(F)F)cc2Cl)no1.